The van der Waals surface area contributed by atoms with Gasteiger partial charge in [0.2, 0.25) is 0 Å². The predicted octanol–water partition coefficient (Wildman–Crippen LogP) is 6.70. The zero-order valence-electron chi connectivity index (χ0n) is 17.6. The van der Waals surface area contributed by atoms with E-state index in [1.807, 2.05) is 12.3 Å². The van der Waals surface area contributed by atoms with Crippen molar-refractivity contribution in [2.75, 3.05) is 11.4 Å². The molecule has 30 heavy (non-hydrogen) atoms. The highest BCUT2D eigenvalue weighted by Crippen LogP contribution is 2.33. The SMILES string of the molecule is CCC=C(C#Cc1ccc(-c2cccnc2)cc1)N(CCC1CC1)c1ccccc1. The van der Waals surface area contributed by atoms with E-state index in [4.69, 9.17) is 0 Å². The molecule has 0 radical (unpaired) electrons. The van der Waals surface area contributed by atoms with Gasteiger partial charge in [0, 0.05) is 30.2 Å². The van der Waals surface area contributed by atoms with Gasteiger partial charge in [-0.3, -0.25) is 4.98 Å². The molecule has 1 fully saturated rings. The summed E-state index contributed by atoms with van der Waals surface area (Å²) in [6, 6.07) is 23.1. The average molecular weight is 393 g/mol. The Labute approximate surface area is 180 Å². The molecule has 4 rings (SSSR count). The van der Waals surface area contributed by atoms with Crippen LogP contribution in [0.25, 0.3) is 11.1 Å². The third kappa shape index (κ3) is 5.39. The van der Waals surface area contributed by atoms with Gasteiger partial charge in [-0.2, -0.15) is 0 Å². The van der Waals surface area contributed by atoms with Crippen molar-refractivity contribution in [3.8, 4) is 23.0 Å². The maximum absolute atomic E-state index is 4.20. The Hall–Kier alpha value is -3.31. The van der Waals surface area contributed by atoms with E-state index in [9.17, 15) is 0 Å². The Morgan fingerprint density at radius 3 is 2.47 bits per heavy atom. The van der Waals surface area contributed by atoms with Crippen molar-refractivity contribution >= 4 is 5.69 Å². The molecular formula is C28H28N2. The number of nitrogens with zero attached hydrogens (tertiary/aromatic N) is 2. The van der Waals surface area contributed by atoms with Crippen LogP contribution in [0.15, 0.2) is 90.9 Å². The number of para-hydroxylation sites is 1. The van der Waals surface area contributed by atoms with Gasteiger partial charge in [0.15, 0.2) is 0 Å². The lowest BCUT2D eigenvalue weighted by molar-refractivity contribution is 0.715. The fraction of sp³-hybridized carbons (Fsp3) is 0.250. The molecule has 1 saturated carbocycles. The Bertz CT molecular complexity index is 1020. The molecule has 0 saturated heterocycles. The van der Waals surface area contributed by atoms with Crippen molar-refractivity contribution in [1.82, 2.24) is 4.98 Å². The molecule has 3 aromatic rings. The van der Waals surface area contributed by atoms with Gasteiger partial charge in [0.05, 0.1) is 5.70 Å². The second-order valence-electron chi connectivity index (χ2n) is 7.79. The number of pyridine rings is 1. The molecule has 0 amide bonds. The second kappa shape index (κ2) is 9.94. The van der Waals surface area contributed by atoms with Crippen LogP contribution in [0, 0.1) is 17.8 Å². The predicted molar refractivity (Wildman–Crippen MR) is 126 cm³/mol. The summed E-state index contributed by atoms with van der Waals surface area (Å²) >= 11 is 0. The van der Waals surface area contributed by atoms with Crippen LogP contribution in [0.3, 0.4) is 0 Å². The summed E-state index contributed by atoms with van der Waals surface area (Å²) in [6.45, 7) is 3.20. The van der Waals surface area contributed by atoms with Gasteiger partial charge >= 0.3 is 0 Å². The van der Waals surface area contributed by atoms with Crippen LogP contribution < -0.4 is 4.90 Å². The van der Waals surface area contributed by atoms with Crippen molar-refractivity contribution in [2.45, 2.75) is 32.6 Å². The molecule has 2 aromatic carbocycles. The summed E-state index contributed by atoms with van der Waals surface area (Å²) in [5, 5.41) is 0. The van der Waals surface area contributed by atoms with Crippen molar-refractivity contribution in [1.29, 1.82) is 0 Å². The van der Waals surface area contributed by atoms with E-state index >= 15 is 0 Å². The lowest BCUT2D eigenvalue weighted by atomic mass is 10.1. The number of benzene rings is 2. The standard InChI is InChI=1S/C28H28N2/c1-2-7-27(30(21-19-24-11-12-24)28-9-4-3-5-10-28)18-15-23-13-16-25(17-14-23)26-8-6-20-29-22-26/h3-10,13-14,16-17,20,22,24H,2,11-12,19,21H2,1H3. The number of hydrogen-bond acceptors (Lipinski definition) is 2. The first-order chi connectivity index (χ1) is 14.8. The van der Waals surface area contributed by atoms with E-state index in [2.05, 4.69) is 95.4 Å². The highest BCUT2D eigenvalue weighted by molar-refractivity contribution is 5.64. The van der Waals surface area contributed by atoms with Gasteiger partial charge in [0.1, 0.15) is 0 Å². The maximum Gasteiger partial charge on any atom is 0.0886 e. The summed E-state index contributed by atoms with van der Waals surface area (Å²) < 4.78 is 0. The number of allylic oxidation sites excluding steroid dienone is 2. The molecule has 1 aliphatic carbocycles. The maximum atomic E-state index is 4.20. The fourth-order valence-corrected chi connectivity index (χ4v) is 3.55. The molecule has 0 atom stereocenters. The molecule has 2 nitrogen and oxygen atoms in total. The number of hydrogen-bond donors (Lipinski definition) is 0. The van der Waals surface area contributed by atoms with Crippen LogP contribution in [-0.2, 0) is 0 Å². The summed E-state index contributed by atoms with van der Waals surface area (Å²) in [5.74, 6) is 7.75. The summed E-state index contributed by atoms with van der Waals surface area (Å²) in [4.78, 5) is 6.59. The van der Waals surface area contributed by atoms with Gasteiger partial charge in [-0.1, -0.05) is 68.2 Å². The van der Waals surface area contributed by atoms with E-state index in [-0.39, 0.29) is 0 Å². The normalized spacial score (nSPS) is 13.4. The molecule has 0 spiro atoms. The van der Waals surface area contributed by atoms with Crippen LogP contribution in [0.4, 0.5) is 5.69 Å². The Balaban J connectivity index is 1.56. The third-order valence-corrected chi connectivity index (χ3v) is 5.43. The zero-order valence-corrected chi connectivity index (χ0v) is 17.6. The van der Waals surface area contributed by atoms with Crippen molar-refractivity contribution < 1.29 is 0 Å². The van der Waals surface area contributed by atoms with E-state index in [1.165, 1.54) is 24.9 Å². The summed E-state index contributed by atoms with van der Waals surface area (Å²) in [7, 11) is 0. The molecule has 150 valence electrons. The molecule has 1 heterocycles. The van der Waals surface area contributed by atoms with E-state index in [1.54, 1.807) is 6.20 Å². The zero-order chi connectivity index (χ0) is 20.6. The van der Waals surface area contributed by atoms with Gasteiger partial charge in [-0.25, -0.2) is 0 Å². The first-order valence-electron chi connectivity index (χ1n) is 10.9. The highest BCUT2D eigenvalue weighted by atomic mass is 15.1. The smallest absolute Gasteiger partial charge is 0.0886 e. The van der Waals surface area contributed by atoms with E-state index in [0.717, 1.165) is 41.3 Å². The number of aromatic nitrogens is 1. The topological polar surface area (TPSA) is 16.1 Å². The van der Waals surface area contributed by atoms with Crippen LogP contribution in [0.2, 0.25) is 0 Å². The van der Waals surface area contributed by atoms with Crippen LogP contribution in [-0.4, -0.2) is 11.5 Å². The lowest BCUT2D eigenvalue weighted by Gasteiger charge is -2.25. The van der Waals surface area contributed by atoms with Crippen LogP contribution >= 0.6 is 0 Å². The molecule has 1 aromatic heterocycles. The fourth-order valence-electron chi connectivity index (χ4n) is 3.55. The van der Waals surface area contributed by atoms with Crippen molar-refractivity contribution in [2.24, 2.45) is 5.92 Å². The monoisotopic (exact) mass is 392 g/mol. The minimum atomic E-state index is 0.895. The van der Waals surface area contributed by atoms with Crippen LogP contribution in [0.5, 0.6) is 0 Å². The molecule has 1 aliphatic rings. The van der Waals surface area contributed by atoms with Crippen LogP contribution in [0.1, 0.15) is 38.2 Å². The largest absolute Gasteiger partial charge is 0.335 e. The minimum Gasteiger partial charge on any atom is -0.335 e. The lowest BCUT2D eigenvalue weighted by Crippen LogP contribution is -2.23. The van der Waals surface area contributed by atoms with Crippen molar-refractivity contribution in [3.05, 3.63) is 96.5 Å². The first kappa shape index (κ1) is 20.0. The first-order valence-corrected chi connectivity index (χ1v) is 10.9. The molecule has 0 aliphatic heterocycles. The molecular weight excluding hydrogens is 364 g/mol. The minimum absolute atomic E-state index is 0.895. The van der Waals surface area contributed by atoms with Gasteiger partial charge in [0.25, 0.3) is 0 Å². The Morgan fingerprint density at radius 1 is 1.00 bits per heavy atom. The molecule has 0 unspecified atom stereocenters. The summed E-state index contributed by atoms with van der Waals surface area (Å²) in [6.07, 6.45) is 10.9. The Kier molecular flexibility index (Phi) is 6.62. The van der Waals surface area contributed by atoms with Crippen molar-refractivity contribution in [3.63, 3.8) is 0 Å². The quantitative estimate of drug-likeness (QED) is 0.416. The second-order valence-corrected chi connectivity index (χ2v) is 7.79. The van der Waals surface area contributed by atoms with Gasteiger partial charge < -0.3 is 4.90 Å². The van der Waals surface area contributed by atoms with Gasteiger partial charge in [-0.15, -0.1) is 0 Å². The Morgan fingerprint density at radius 2 is 1.80 bits per heavy atom. The number of rotatable bonds is 7. The molecule has 2 heteroatoms. The van der Waals surface area contributed by atoms with E-state index in [0.29, 0.717) is 0 Å². The number of anilines is 1. The molecule has 0 N–H and O–H groups in total. The van der Waals surface area contributed by atoms with Gasteiger partial charge in [-0.05, 0) is 66.1 Å². The summed E-state index contributed by atoms with van der Waals surface area (Å²) in [5.41, 5.74) is 5.63. The molecule has 0 bridgehead atoms. The highest BCUT2D eigenvalue weighted by Gasteiger charge is 2.22. The third-order valence-electron chi connectivity index (χ3n) is 5.43. The average Bonchev–Trinajstić information content (AvgIpc) is 3.64. The van der Waals surface area contributed by atoms with E-state index < -0.39 is 0 Å².